The number of aliphatic hydroxyl groups is 1. The highest BCUT2D eigenvalue weighted by Gasteiger charge is 2.34. The zero-order valence-corrected chi connectivity index (χ0v) is 23.0. The van der Waals surface area contributed by atoms with Crippen LogP contribution in [0.3, 0.4) is 0 Å². The second kappa shape index (κ2) is 14.7. The zero-order valence-electron chi connectivity index (χ0n) is 22.2. The predicted octanol–water partition coefficient (Wildman–Crippen LogP) is 0.757. The number of thioether (sulfide) groups is 1. The molecule has 1 heterocycles. The Kier molecular flexibility index (Phi) is 12.1. The molecule has 0 fully saturated rings. The van der Waals surface area contributed by atoms with Crippen LogP contribution in [0.1, 0.15) is 39.2 Å². The molecule has 1 aromatic carbocycles. The van der Waals surface area contributed by atoms with Gasteiger partial charge in [-0.1, -0.05) is 38.5 Å². The van der Waals surface area contributed by atoms with Crippen LogP contribution in [-0.4, -0.2) is 81.2 Å². The second-order valence-corrected chi connectivity index (χ2v) is 10.4. The number of hydrogen-bond donors (Lipinski definition) is 7. The number of amides is 3. The van der Waals surface area contributed by atoms with Crippen molar-refractivity contribution in [1.82, 2.24) is 20.9 Å². The van der Waals surface area contributed by atoms with Crippen LogP contribution in [0.25, 0.3) is 10.9 Å². The van der Waals surface area contributed by atoms with E-state index in [4.69, 9.17) is 5.73 Å². The summed E-state index contributed by atoms with van der Waals surface area (Å²) in [6.07, 6.45) is 3.35. The van der Waals surface area contributed by atoms with Crippen molar-refractivity contribution in [3.63, 3.8) is 0 Å². The molecule has 0 aliphatic heterocycles. The van der Waals surface area contributed by atoms with Gasteiger partial charge in [0.25, 0.3) is 0 Å². The molecule has 3 amide bonds. The molecule has 0 bridgehead atoms. The summed E-state index contributed by atoms with van der Waals surface area (Å²) in [6.45, 7) is 4.79. The van der Waals surface area contributed by atoms with Gasteiger partial charge in [-0.3, -0.25) is 14.4 Å². The summed E-state index contributed by atoms with van der Waals surface area (Å²) in [5.41, 5.74) is 7.97. The molecule has 11 nitrogen and oxygen atoms in total. The summed E-state index contributed by atoms with van der Waals surface area (Å²) in [5.74, 6) is -3.07. The average molecular weight is 550 g/mol. The third kappa shape index (κ3) is 8.47. The lowest BCUT2D eigenvalue weighted by Crippen LogP contribution is -2.60. The number of aliphatic hydroxyl groups excluding tert-OH is 1. The van der Waals surface area contributed by atoms with Crippen molar-refractivity contribution < 1.29 is 29.4 Å². The molecular formula is C26H39N5O6S. The van der Waals surface area contributed by atoms with Crippen molar-refractivity contribution in [2.45, 2.75) is 70.3 Å². The summed E-state index contributed by atoms with van der Waals surface area (Å²) < 4.78 is 0. The minimum absolute atomic E-state index is 0.248. The number of nitrogens with two attached hydrogens (primary N) is 1. The maximum Gasteiger partial charge on any atom is 0.326 e. The predicted molar refractivity (Wildman–Crippen MR) is 148 cm³/mol. The number of rotatable bonds is 15. The molecule has 2 aromatic rings. The Hall–Kier alpha value is -3.09. The number of para-hydroxylation sites is 1. The Bertz CT molecular complexity index is 1110. The van der Waals surface area contributed by atoms with Crippen LogP contribution < -0.4 is 21.7 Å². The first-order valence-electron chi connectivity index (χ1n) is 12.6. The number of carboxylic acids is 1. The van der Waals surface area contributed by atoms with Crippen LogP contribution in [0.5, 0.6) is 0 Å². The van der Waals surface area contributed by atoms with Crippen LogP contribution >= 0.6 is 11.8 Å². The number of aliphatic carboxylic acids is 1. The van der Waals surface area contributed by atoms with E-state index in [1.807, 2.05) is 30.5 Å². The van der Waals surface area contributed by atoms with Gasteiger partial charge in [0.05, 0.1) is 12.1 Å². The summed E-state index contributed by atoms with van der Waals surface area (Å²) in [4.78, 5) is 53.7. The molecule has 0 saturated carbocycles. The Balaban J connectivity index is 2.11. The molecule has 210 valence electrons. The van der Waals surface area contributed by atoms with E-state index < -0.39 is 54.0 Å². The lowest BCUT2D eigenvalue weighted by molar-refractivity contribution is -0.144. The van der Waals surface area contributed by atoms with Crippen molar-refractivity contribution in [1.29, 1.82) is 0 Å². The van der Waals surface area contributed by atoms with Crippen molar-refractivity contribution in [2.75, 3.05) is 12.0 Å². The van der Waals surface area contributed by atoms with E-state index in [0.29, 0.717) is 12.2 Å². The van der Waals surface area contributed by atoms with Crippen LogP contribution in [-0.2, 0) is 25.6 Å². The van der Waals surface area contributed by atoms with E-state index in [0.717, 1.165) is 16.5 Å². The summed E-state index contributed by atoms with van der Waals surface area (Å²) in [7, 11) is 0. The number of nitrogens with one attached hydrogen (secondary N) is 4. The Morgan fingerprint density at radius 2 is 1.68 bits per heavy atom. The first-order valence-corrected chi connectivity index (χ1v) is 14.0. The highest BCUT2D eigenvalue weighted by atomic mass is 32.2. The highest BCUT2D eigenvalue weighted by Crippen LogP contribution is 2.19. The lowest BCUT2D eigenvalue weighted by Gasteiger charge is -2.27. The lowest BCUT2D eigenvalue weighted by atomic mass is 9.98. The number of benzene rings is 1. The monoisotopic (exact) mass is 549 g/mol. The number of carbonyl (C=O) groups is 4. The van der Waals surface area contributed by atoms with Crippen LogP contribution in [0, 0.1) is 5.92 Å². The fourth-order valence-electron chi connectivity index (χ4n) is 4.00. The van der Waals surface area contributed by atoms with Gasteiger partial charge >= 0.3 is 5.97 Å². The fraction of sp³-hybridized carbons (Fsp3) is 0.538. The number of H-pyrrole nitrogens is 1. The molecule has 8 N–H and O–H groups in total. The molecular weight excluding hydrogens is 510 g/mol. The normalized spacial score (nSPS) is 16.1. The van der Waals surface area contributed by atoms with Gasteiger partial charge in [-0.05, 0) is 49.3 Å². The Morgan fingerprint density at radius 1 is 1.03 bits per heavy atom. The maximum atomic E-state index is 13.1. The van der Waals surface area contributed by atoms with E-state index in [9.17, 15) is 29.4 Å². The number of hydrogen-bond acceptors (Lipinski definition) is 7. The smallest absolute Gasteiger partial charge is 0.326 e. The van der Waals surface area contributed by atoms with Crippen molar-refractivity contribution in [3.8, 4) is 0 Å². The molecule has 38 heavy (non-hydrogen) atoms. The summed E-state index contributed by atoms with van der Waals surface area (Å²) >= 11 is 1.48. The fourth-order valence-corrected chi connectivity index (χ4v) is 4.47. The van der Waals surface area contributed by atoms with Crippen molar-refractivity contribution in [3.05, 3.63) is 36.0 Å². The Labute approximate surface area is 226 Å². The Morgan fingerprint density at radius 3 is 2.29 bits per heavy atom. The largest absolute Gasteiger partial charge is 0.480 e. The average Bonchev–Trinajstić information content (AvgIpc) is 3.29. The zero-order chi connectivity index (χ0) is 28.4. The van der Waals surface area contributed by atoms with Gasteiger partial charge in [0.2, 0.25) is 17.7 Å². The van der Waals surface area contributed by atoms with E-state index in [1.165, 1.54) is 18.7 Å². The minimum Gasteiger partial charge on any atom is -0.480 e. The third-order valence-corrected chi connectivity index (χ3v) is 7.18. The van der Waals surface area contributed by atoms with Gasteiger partial charge in [-0.25, -0.2) is 4.79 Å². The van der Waals surface area contributed by atoms with Gasteiger partial charge < -0.3 is 36.9 Å². The third-order valence-electron chi connectivity index (χ3n) is 6.53. The van der Waals surface area contributed by atoms with E-state index in [2.05, 4.69) is 20.9 Å². The molecule has 0 spiro atoms. The highest BCUT2D eigenvalue weighted by molar-refractivity contribution is 7.98. The molecule has 1 aromatic heterocycles. The molecule has 2 rings (SSSR count). The molecule has 0 radical (unpaired) electrons. The van der Waals surface area contributed by atoms with Crippen LogP contribution in [0.4, 0.5) is 0 Å². The number of fused-ring (bicyclic) bond motifs is 1. The topological polar surface area (TPSA) is 187 Å². The van der Waals surface area contributed by atoms with Crippen molar-refractivity contribution in [2.24, 2.45) is 11.7 Å². The van der Waals surface area contributed by atoms with Gasteiger partial charge in [0.15, 0.2) is 0 Å². The summed E-state index contributed by atoms with van der Waals surface area (Å²) in [5, 5.41) is 28.2. The van der Waals surface area contributed by atoms with Gasteiger partial charge in [-0.15, -0.1) is 0 Å². The molecule has 6 atom stereocenters. The first-order chi connectivity index (χ1) is 18.0. The number of aromatic amines is 1. The summed E-state index contributed by atoms with van der Waals surface area (Å²) in [6, 6.07) is 3.11. The van der Waals surface area contributed by atoms with Gasteiger partial charge in [0, 0.05) is 17.1 Å². The van der Waals surface area contributed by atoms with E-state index in [-0.39, 0.29) is 18.8 Å². The first kappa shape index (κ1) is 31.1. The second-order valence-electron chi connectivity index (χ2n) is 9.45. The molecule has 12 heteroatoms. The molecule has 0 aliphatic carbocycles. The van der Waals surface area contributed by atoms with Gasteiger partial charge in [-0.2, -0.15) is 11.8 Å². The van der Waals surface area contributed by atoms with Crippen LogP contribution in [0.15, 0.2) is 30.5 Å². The number of carboxylic acid groups (broad SMARTS) is 1. The number of aromatic nitrogens is 1. The number of carbonyl (C=O) groups excluding carboxylic acids is 3. The standard InChI is InChI=1S/C26H39N5O6S/c1-5-14(2)21(26(36)37)30-25(35)22(15(3)32)31-24(34)20(10-11-38-4)29-23(33)18(27)12-16-13-28-19-9-7-6-8-17(16)19/h6-9,13-15,18,20-22,28,32H,5,10-12,27H2,1-4H3,(H,29,33)(H,30,35)(H,31,34)(H,36,37). The minimum atomic E-state index is -1.41. The quantitative estimate of drug-likeness (QED) is 0.170. The molecule has 0 saturated heterocycles. The van der Waals surface area contributed by atoms with E-state index in [1.54, 1.807) is 20.0 Å². The maximum absolute atomic E-state index is 13.1. The molecule has 0 aliphatic rings. The molecule has 6 unspecified atom stereocenters. The van der Waals surface area contributed by atoms with Crippen LogP contribution in [0.2, 0.25) is 0 Å². The van der Waals surface area contributed by atoms with Gasteiger partial charge in [0.1, 0.15) is 18.1 Å². The van der Waals surface area contributed by atoms with Crippen molar-refractivity contribution >= 4 is 46.4 Å². The SMILES string of the molecule is CCC(C)C(NC(=O)C(NC(=O)C(CCSC)NC(=O)C(N)Cc1c[nH]c2ccccc12)C(C)O)C(=O)O. The van der Waals surface area contributed by atoms with E-state index >= 15 is 0 Å².